The van der Waals surface area contributed by atoms with E-state index in [0.29, 0.717) is 17.4 Å². The zero-order valence-electron chi connectivity index (χ0n) is 14.5. The van der Waals surface area contributed by atoms with E-state index in [4.69, 9.17) is 21.4 Å². The van der Waals surface area contributed by atoms with Crippen molar-refractivity contribution in [1.82, 2.24) is 5.32 Å². The van der Waals surface area contributed by atoms with Crippen LogP contribution in [0.15, 0.2) is 58.7 Å². The number of aliphatic carboxylic acids is 1. The Balaban J connectivity index is 1.53. The van der Waals surface area contributed by atoms with Gasteiger partial charge in [-0.1, -0.05) is 41.6 Å². The highest BCUT2D eigenvalue weighted by Gasteiger charge is 2.32. The summed E-state index contributed by atoms with van der Waals surface area (Å²) in [6, 6.07) is 14.7. The molecule has 0 aliphatic carbocycles. The van der Waals surface area contributed by atoms with Crippen molar-refractivity contribution < 1.29 is 19.4 Å². The van der Waals surface area contributed by atoms with E-state index in [9.17, 15) is 9.59 Å². The standard InChI is InChI=1S/C19H16ClN3O4S/c20-15-4-2-1-3-13(15)11-27-14-7-5-12(6-8-14)10-21-23-19-22-18(26)16(28-19)9-17(24)25/h1-8,10,16H,9,11H2,(H,24,25)(H,22,23,26)/b21-10-/t16-/m1/s1. The number of nitrogens with zero attached hydrogens (tertiary/aromatic N) is 2. The number of nitrogens with one attached hydrogen (secondary N) is 1. The van der Waals surface area contributed by atoms with E-state index in [1.54, 1.807) is 12.1 Å². The summed E-state index contributed by atoms with van der Waals surface area (Å²) in [6.07, 6.45) is 1.27. The molecule has 0 unspecified atom stereocenters. The van der Waals surface area contributed by atoms with E-state index in [1.165, 1.54) is 6.21 Å². The summed E-state index contributed by atoms with van der Waals surface area (Å²) in [5.41, 5.74) is 1.70. The predicted octanol–water partition coefficient (Wildman–Crippen LogP) is 3.32. The molecule has 1 heterocycles. The van der Waals surface area contributed by atoms with Gasteiger partial charge in [0, 0.05) is 10.6 Å². The summed E-state index contributed by atoms with van der Waals surface area (Å²) in [4.78, 5) is 22.3. The first-order chi connectivity index (χ1) is 13.5. The number of rotatable bonds is 7. The van der Waals surface area contributed by atoms with Crippen molar-refractivity contribution in [2.24, 2.45) is 10.2 Å². The van der Waals surface area contributed by atoms with Crippen LogP contribution in [0.3, 0.4) is 0 Å². The highest BCUT2D eigenvalue weighted by Crippen LogP contribution is 2.22. The molecule has 2 aromatic carbocycles. The molecule has 28 heavy (non-hydrogen) atoms. The lowest BCUT2D eigenvalue weighted by Gasteiger charge is -2.07. The third-order valence-corrected chi connectivity index (χ3v) is 5.17. The van der Waals surface area contributed by atoms with E-state index in [2.05, 4.69) is 15.5 Å². The normalized spacial score (nSPS) is 17.8. The Labute approximate surface area is 170 Å². The lowest BCUT2D eigenvalue weighted by Crippen LogP contribution is -2.26. The van der Waals surface area contributed by atoms with E-state index in [0.717, 1.165) is 22.9 Å². The molecule has 1 fully saturated rings. The van der Waals surface area contributed by atoms with Crippen LogP contribution in [-0.4, -0.2) is 33.6 Å². The van der Waals surface area contributed by atoms with Crippen molar-refractivity contribution in [2.75, 3.05) is 0 Å². The van der Waals surface area contributed by atoms with Crippen molar-refractivity contribution in [3.05, 3.63) is 64.7 Å². The van der Waals surface area contributed by atoms with Gasteiger partial charge in [-0.15, -0.1) is 5.10 Å². The van der Waals surface area contributed by atoms with Gasteiger partial charge >= 0.3 is 5.97 Å². The van der Waals surface area contributed by atoms with Crippen LogP contribution in [0.25, 0.3) is 0 Å². The van der Waals surface area contributed by atoms with Crippen molar-refractivity contribution in [3.63, 3.8) is 0 Å². The number of carbonyl (C=O) groups excluding carboxylic acids is 1. The maximum Gasteiger partial charge on any atom is 0.305 e. The highest BCUT2D eigenvalue weighted by atomic mass is 35.5. The van der Waals surface area contributed by atoms with Gasteiger partial charge in [0.25, 0.3) is 0 Å². The molecule has 0 aromatic heterocycles. The fourth-order valence-electron chi connectivity index (χ4n) is 2.32. The van der Waals surface area contributed by atoms with Crippen LogP contribution in [0.1, 0.15) is 17.5 Å². The second kappa shape index (κ2) is 9.38. The molecule has 1 aliphatic heterocycles. The summed E-state index contributed by atoms with van der Waals surface area (Å²) in [6.45, 7) is 0.370. The number of thioether (sulfide) groups is 1. The van der Waals surface area contributed by atoms with Gasteiger partial charge in [-0.05, 0) is 35.9 Å². The number of hydrogen-bond donors (Lipinski definition) is 2. The number of halogens is 1. The average Bonchev–Trinajstić information content (AvgIpc) is 3.01. The molecular weight excluding hydrogens is 402 g/mol. The number of carbonyl (C=O) groups is 2. The van der Waals surface area contributed by atoms with Gasteiger partial charge in [-0.2, -0.15) is 5.10 Å². The molecule has 0 spiro atoms. The van der Waals surface area contributed by atoms with Crippen molar-refractivity contribution in [3.8, 4) is 5.75 Å². The molecule has 9 heteroatoms. The Kier molecular flexibility index (Phi) is 6.67. The largest absolute Gasteiger partial charge is 0.489 e. The topological polar surface area (TPSA) is 100 Å². The fourth-order valence-corrected chi connectivity index (χ4v) is 3.43. The first-order valence-electron chi connectivity index (χ1n) is 8.28. The summed E-state index contributed by atoms with van der Waals surface area (Å²) in [5, 5.41) is 19.4. The van der Waals surface area contributed by atoms with Crippen LogP contribution in [0, 0.1) is 0 Å². The Hall–Kier alpha value is -2.84. The van der Waals surface area contributed by atoms with E-state index < -0.39 is 11.2 Å². The Morgan fingerprint density at radius 1 is 1.25 bits per heavy atom. The maximum atomic E-state index is 11.6. The van der Waals surface area contributed by atoms with Crippen LogP contribution in [0.4, 0.5) is 0 Å². The zero-order valence-corrected chi connectivity index (χ0v) is 16.1. The Bertz CT molecular complexity index is 931. The van der Waals surface area contributed by atoms with Gasteiger partial charge in [-0.3, -0.25) is 9.59 Å². The molecule has 144 valence electrons. The second-order valence-corrected chi connectivity index (χ2v) is 7.39. The second-order valence-electron chi connectivity index (χ2n) is 5.79. The van der Waals surface area contributed by atoms with Gasteiger partial charge in [-0.25, -0.2) is 0 Å². The third-order valence-electron chi connectivity index (χ3n) is 3.72. The van der Waals surface area contributed by atoms with Crippen molar-refractivity contribution in [2.45, 2.75) is 18.3 Å². The van der Waals surface area contributed by atoms with Crippen LogP contribution < -0.4 is 10.1 Å². The molecule has 2 aromatic rings. The number of carboxylic acids is 1. The molecule has 1 aliphatic rings. The van der Waals surface area contributed by atoms with Crippen molar-refractivity contribution >= 4 is 46.6 Å². The summed E-state index contributed by atoms with van der Waals surface area (Å²) in [5.74, 6) is -0.714. The lowest BCUT2D eigenvalue weighted by atomic mass is 10.2. The Morgan fingerprint density at radius 3 is 2.71 bits per heavy atom. The van der Waals surface area contributed by atoms with Crippen LogP contribution in [-0.2, 0) is 16.2 Å². The van der Waals surface area contributed by atoms with Gasteiger partial charge in [0.05, 0.1) is 12.6 Å². The number of carboxylic acid groups (broad SMARTS) is 1. The molecule has 1 saturated heterocycles. The zero-order chi connectivity index (χ0) is 19.9. The third kappa shape index (κ3) is 5.58. The van der Waals surface area contributed by atoms with Crippen LogP contribution in [0.5, 0.6) is 5.75 Å². The average molecular weight is 418 g/mol. The smallest absolute Gasteiger partial charge is 0.305 e. The minimum absolute atomic E-state index is 0.255. The van der Waals surface area contributed by atoms with Gasteiger partial charge < -0.3 is 15.2 Å². The summed E-state index contributed by atoms with van der Waals surface area (Å²) >= 11 is 7.16. The van der Waals surface area contributed by atoms with E-state index in [-0.39, 0.29) is 17.5 Å². The maximum absolute atomic E-state index is 11.6. The van der Waals surface area contributed by atoms with Crippen LogP contribution in [0.2, 0.25) is 5.02 Å². The quantitative estimate of drug-likeness (QED) is 0.531. The molecule has 0 saturated carbocycles. The van der Waals surface area contributed by atoms with Gasteiger partial charge in [0.1, 0.15) is 17.6 Å². The number of amides is 1. The van der Waals surface area contributed by atoms with E-state index in [1.807, 2.05) is 36.4 Å². The first-order valence-corrected chi connectivity index (χ1v) is 9.53. The van der Waals surface area contributed by atoms with Gasteiger partial charge in [0.2, 0.25) is 5.91 Å². The molecular formula is C19H16ClN3O4S. The molecule has 7 nitrogen and oxygen atoms in total. The lowest BCUT2D eigenvalue weighted by molar-refractivity contribution is -0.138. The molecule has 0 radical (unpaired) electrons. The summed E-state index contributed by atoms with van der Waals surface area (Å²) in [7, 11) is 0. The Morgan fingerprint density at radius 2 is 2.00 bits per heavy atom. The summed E-state index contributed by atoms with van der Waals surface area (Å²) < 4.78 is 5.71. The van der Waals surface area contributed by atoms with E-state index >= 15 is 0 Å². The van der Waals surface area contributed by atoms with Crippen molar-refractivity contribution in [1.29, 1.82) is 0 Å². The number of hydrogen-bond acceptors (Lipinski definition) is 6. The van der Waals surface area contributed by atoms with Crippen LogP contribution >= 0.6 is 23.4 Å². The number of ether oxygens (including phenoxy) is 1. The first kappa shape index (κ1) is 19.9. The minimum atomic E-state index is -1.03. The molecule has 1 atom stereocenters. The molecule has 0 bridgehead atoms. The molecule has 3 rings (SSSR count). The molecule has 1 amide bonds. The fraction of sp³-hybridized carbons (Fsp3) is 0.158. The SMILES string of the molecule is O=C(O)C[C@H]1S/C(=N\N=C/c2ccc(OCc3ccccc3Cl)cc2)NC1=O. The monoisotopic (exact) mass is 417 g/mol. The van der Waals surface area contributed by atoms with Gasteiger partial charge in [0.15, 0.2) is 5.17 Å². The molecule has 2 N–H and O–H groups in total. The minimum Gasteiger partial charge on any atom is -0.489 e. The number of amidine groups is 1. The number of benzene rings is 2. The highest BCUT2D eigenvalue weighted by molar-refractivity contribution is 8.15. The predicted molar refractivity (Wildman–Crippen MR) is 109 cm³/mol.